The van der Waals surface area contributed by atoms with Gasteiger partial charge < -0.3 is 10.5 Å². The van der Waals surface area contributed by atoms with Crippen molar-refractivity contribution in [3.8, 4) is 0 Å². The van der Waals surface area contributed by atoms with E-state index in [4.69, 9.17) is 10.5 Å². The third-order valence-electron chi connectivity index (χ3n) is 2.60. The molecule has 0 spiro atoms. The lowest BCUT2D eigenvalue weighted by Gasteiger charge is -2.04. The summed E-state index contributed by atoms with van der Waals surface area (Å²) in [5.74, 6) is -0.407. The molecular weight excluding hydrogens is 238 g/mol. The molecule has 2 N–H and O–H groups in total. The molecule has 2 aromatic carbocycles. The van der Waals surface area contributed by atoms with Crippen LogP contribution in [-0.4, -0.2) is 12.6 Å². The second-order valence-corrected chi connectivity index (χ2v) is 4.00. The SMILES string of the molecule is Nc1ccccc1C(=O)OC/C=C\c1ccccc1. The van der Waals surface area contributed by atoms with Crippen molar-refractivity contribution in [3.05, 3.63) is 71.8 Å². The minimum atomic E-state index is -0.407. The summed E-state index contributed by atoms with van der Waals surface area (Å²) >= 11 is 0. The van der Waals surface area contributed by atoms with Gasteiger partial charge in [-0.2, -0.15) is 0 Å². The maximum Gasteiger partial charge on any atom is 0.340 e. The van der Waals surface area contributed by atoms with Crippen LogP contribution in [0.1, 0.15) is 15.9 Å². The van der Waals surface area contributed by atoms with Crippen molar-refractivity contribution < 1.29 is 9.53 Å². The van der Waals surface area contributed by atoms with E-state index in [2.05, 4.69) is 0 Å². The number of benzene rings is 2. The fourth-order valence-electron chi connectivity index (χ4n) is 1.63. The van der Waals surface area contributed by atoms with Gasteiger partial charge in [-0.1, -0.05) is 48.5 Å². The maximum atomic E-state index is 11.7. The first-order valence-corrected chi connectivity index (χ1v) is 6.00. The number of anilines is 1. The Morgan fingerprint density at radius 1 is 1.05 bits per heavy atom. The molecule has 0 aliphatic rings. The number of para-hydroxylation sites is 1. The molecule has 0 aliphatic carbocycles. The molecule has 19 heavy (non-hydrogen) atoms. The summed E-state index contributed by atoms with van der Waals surface area (Å²) in [5, 5.41) is 0. The predicted octanol–water partition coefficient (Wildman–Crippen LogP) is 3.14. The second-order valence-electron chi connectivity index (χ2n) is 4.00. The Hall–Kier alpha value is -2.55. The third kappa shape index (κ3) is 3.71. The van der Waals surface area contributed by atoms with Crippen LogP contribution in [0.3, 0.4) is 0 Å². The molecule has 0 saturated carbocycles. The van der Waals surface area contributed by atoms with E-state index in [9.17, 15) is 4.79 Å². The minimum Gasteiger partial charge on any atom is -0.458 e. The molecule has 0 bridgehead atoms. The summed E-state index contributed by atoms with van der Waals surface area (Å²) in [6.07, 6.45) is 3.70. The van der Waals surface area contributed by atoms with Crippen LogP contribution in [0.2, 0.25) is 0 Å². The molecule has 0 fully saturated rings. The van der Waals surface area contributed by atoms with Gasteiger partial charge in [0.25, 0.3) is 0 Å². The summed E-state index contributed by atoms with van der Waals surface area (Å²) in [7, 11) is 0. The van der Waals surface area contributed by atoms with Gasteiger partial charge in [0.05, 0.1) is 5.56 Å². The molecular formula is C16H15NO2. The Morgan fingerprint density at radius 3 is 2.47 bits per heavy atom. The van der Waals surface area contributed by atoms with E-state index in [-0.39, 0.29) is 6.61 Å². The van der Waals surface area contributed by atoms with Crippen molar-refractivity contribution in [2.75, 3.05) is 12.3 Å². The van der Waals surface area contributed by atoms with E-state index in [1.54, 1.807) is 30.3 Å². The summed E-state index contributed by atoms with van der Waals surface area (Å²) in [5.41, 5.74) is 7.59. The predicted molar refractivity (Wildman–Crippen MR) is 76.6 cm³/mol. The molecule has 3 nitrogen and oxygen atoms in total. The molecule has 2 rings (SSSR count). The Kier molecular flexibility index (Phi) is 4.34. The number of ether oxygens (including phenoxy) is 1. The van der Waals surface area contributed by atoms with Crippen LogP contribution >= 0.6 is 0 Å². The van der Waals surface area contributed by atoms with Crippen molar-refractivity contribution in [2.24, 2.45) is 0 Å². The van der Waals surface area contributed by atoms with Gasteiger partial charge in [-0.25, -0.2) is 4.79 Å². The highest BCUT2D eigenvalue weighted by atomic mass is 16.5. The zero-order valence-electron chi connectivity index (χ0n) is 10.5. The van der Waals surface area contributed by atoms with Gasteiger partial charge in [0.15, 0.2) is 0 Å². The first-order valence-electron chi connectivity index (χ1n) is 6.00. The molecule has 3 heteroatoms. The van der Waals surface area contributed by atoms with E-state index in [1.807, 2.05) is 36.4 Å². The van der Waals surface area contributed by atoms with Gasteiger partial charge in [0, 0.05) is 5.69 Å². The minimum absolute atomic E-state index is 0.224. The number of hydrogen-bond acceptors (Lipinski definition) is 3. The summed E-state index contributed by atoms with van der Waals surface area (Å²) in [6.45, 7) is 0.224. The topological polar surface area (TPSA) is 52.3 Å². The van der Waals surface area contributed by atoms with E-state index in [0.717, 1.165) is 5.56 Å². The van der Waals surface area contributed by atoms with Crippen LogP contribution < -0.4 is 5.73 Å². The van der Waals surface area contributed by atoms with Crippen LogP contribution in [0.5, 0.6) is 0 Å². The van der Waals surface area contributed by atoms with Crippen LogP contribution in [-0.2, 0) is 4.74 Å². The molecule has 0 unspecified atom stereocenters. The van der Waals surface area contributed by atoms with Crippen LogP contribution in [0.15, 0.2) is 60.7 Å². The Morgan fingerprint density at radius 2 is 1.74 bits per heavy atom. The van der Waals surface area contributed by atoms with Crippen molar-refractivity contribution in [3.63, 3.8) is 0 Å². The normalized spacial score (nSPS) is 10.5. The smallest absolute Gasteiger partial charge is 0.340 e. The average Bonchev–Trinajstić information content (AvgIpc) is 2.45. The van der Waals surface area contributed by atoms with Gasteiger partial charge in [0.1, 0.15) is 6.61 Å². The quantitative estimate of drug-likeness (QED) is 0.672. The fourth-order valence-corrected chi connectivity index (χ4v) is 1.63. The zero-order valence-corrected chi connectivity index (χ0v) is 10.5. The van der Waals surface area contributed by atoms with Crippen molar-refractivity contribution >= 4 is 17.7 Å². The summed E-state index contributed by atoms with van der Waals surface area (Å²) in [4.78, 5) is 11.7. The molecule has 0 amide bonds. The Labute approximate surface area is 112 Å². The number of esters is 1. The number of nitrogens with two attached hydrogens (primary N) is 1. The lowest BCUT2D eigenvalue weighted by molar-refractivity contribution is 0.0551. The molecule has 0 heterocycles. The lowest BCUT2D eigenvalue weighted by Crippen LogP contribution is -2.07. The van der Waals surface area contributed by atoms with Crippen molar-refractivity contribution in [2.45, 2.75) is 0 Å². The van der Waals surface area contributed by atoms with Gasteiger partial charge in [0.2, 0.25) is 0 Å². The highest BCUT2D eigenvalue weighted by Gasteiger charge is 2.08. The Balaban J connectivity index is 1.88. The van der Waals surface area contributed by atoms with Gasteiger partial charge >= 0.3 is 5.97 Å². The second kappa shape index (κ2) is 6.40. The van der Waals surface area contributed by atoms with E-state index in [1.165, 1.54) is 0 Å². The third-order valence-corrected chi connectivity index (χ3v) is 2.60. The van der Waals surface area contributed by atoms with Crippen LogP contribution in [0.4, 0.5) is 5.69 Å². The summed E-state index contributed by atoms with van der Waals surface area (Å²) in [6, 6.07) is 16.7. The molecule has 0 aliphatic heterocycles. The standard InChI is InChI=1S/C16H15NO2/c17-15-11-5-4-10-14(15)16(18)19-12-6-9-13-7-2-1-3-8-13/h1-11H,12,17H2/b9-6-. The zero-order chi connectivity index (χ0) is 13.5. The van der Waals surface area contributed by atoms with Crippen molar-refractivity contribution in [1.82, 2.24) is 0 Å². The number of hydrogen-bond donors (Lipinski definition) is 1. The number of carbonyl (C=O) groups excluding carboxylic acids is 1. The monoisotopic (exact) mass is 253 g/mol. The molecule has 0 saturated heterocycles. The highest BCUT2D eigenvalue weighted by molar-refractivity contribution is 5.95. The maximum absolute atomic E-state index is 11.7. The molecule has 0 atom stereocenters. The van der Waals surface area contributed by atoms with Crippen molar-refractivity contribution in [1.29, 1.82) is 0 Å². The van der Waals surface area contributed by atoms with E-state index in [0.29, 0.717) is 11.3 Å². The summed E-state index contributed by atoms with van der Waals surface area (Å²) < 4.78 is 5.12. The van der Waals surface area contributed by atoms with E-state index >= 15 is 0 Å². The van der Waals surface area contributed by atoms with Gasteiger partial charge in [-0.15, -0.1) is 0 Å². The first-order chi connectivity index (χ1) is 9.27. The fraction of sp³-hybridized carbons (Fsp3) is 0.0625. The highest BCUT2D eigenvalue weighted by Crippen LogP contribution is 2.11. The largest absolute Gasteiger partial charge is 0.458 e. The number of rotatable bonds is 4. The molecule has 2 aromatic rings. The molecule has 0 radical (unpaired) electrons. The van der Waals surface area contributed by atoms with Gasteiger partial charge in [-0.05, 0) is 23.8 Å². The molecule has 96 valence electrons. The van der Waals surface area contributed by atoms with E-state index < -0.39 is 5.97 Å². The molecule has 0 aromatic heterocycles. The average molecular weight is 253 g/mol. The Bertz CT molecular complexity index is 576. The van der Waals surface area contributed by atoms with Crippen LogP contribution in [0, 0.1) is 0 Å². The number of carbonyl (C=O) groups is 1. The lowest BCUT2D eigenvalue weighted by atomic mass is 10.2. The number of nitrogen functional groups attached to an aromatic ring is 1. The van der Waals surface area contributed by atoms with Crippen LogP contribution in [0.25, 0.3) is 6.08 Å². The van der Waals surface area contributed by atoms with Gasteiger partial charge in [-0.3, -0.25) is 0 Å². The first kappa shape index (κ1) is 12.9.